The van der Waals surface area contributed by atoms with E-state index in [1.54, 1.807) is 0 Å². The van der Waals surface area contributed by atoms with Crippen LogP contribution < -0.4 is 4.74 Å². The number of carboxylic acid groups (broad SMARTS) is 1. The van der Waals surface area contributed by atoms with E-state index < -0.39 is 12.6 Å². The van der Waals surface area contributed by atoms with Crippen molar-refractivity contribution < 1.29 is 24.5 Å². The van der Waals surface area contributed by atoms with Gasteiger partial charge in [0.2, 0.25) is 0 Å². The first-order valence-electron chi connectivity index (χ1n) is 6.91. The molecular weight excluding hydrogens is 364 g/mol. The van der Waals surface area contributed by atoms with Gasteiger partial charge < -0.3 is 14.9 Å². The van der Waals surface area contributed by atoms with Gasteiger partial charge in [0.15, 0.2) is 12.4 Å². The van der Waals surface area contributed by atoms with Gasteiger partial charge in [0.25, 0.3) is 0 Å². The highest BCUT2D eigenvalue weighted by molar-refractivity contribution is 9.10. The monoisotopic (exact) mass is 378 g/mol. The number of ether oxygens (including phenoxy) is 1. The molecule has 0 saturated carbocycles. The Morgan fingerprint density at radius 2 is 1.78 bits per heavy atom. The number of rotatable bonds is 7. The lowest BCUT2D eigenvalue weighted by molar-refractivity contribution is -0.139. The maximum absolute atomic E-state index is 12.4. The number of phenols is 1. The van der Waals surface area contributed by atoms with Crippen LogP contribution in [0.3, 0.4) is 0 Å². The maximum Gasteiger partial charge on any atom is 0.341 e. The van der Waals surface area contributed by atoms with Gasteiger partial charge in [0, 0.05) is 10.9 Å². The minimum atomic E-state index is -1.15. The average Bonchev–Trinajstić information content (AvgIpc) is 2.52. The highest BCUT2D eigenvalue weighted by Gasteiger charge is 2.18. The van der Waals surface area contributed by atoms with Crippen molar-refractivity contribution in [2.24, 2.45) is 0 Å². The van der Waals surface area contributed by atoms with E-state index in [0.29, 0.717) is 6.42 Å². The number of Topliss-reactive ketones (excluding diaryl/α,β-unsaturated/α-hetero) is 1. The van der Waals surface area contributed by atoms with Crippen LogP contribution in [-0.4, -0.2) is 28.6 Å². The fraction of sp³-hybridized carbons (Fsp3) is 0.176. The lowest BCUT2D eigenvalue weighted by Crippen LogP contribution is -2.12. The Labute approximate surface area is 141 Å². The van der Waals surface area contributed by atoms with E-state index in [-0.39, 0.29) is 29.3 Å². The normalized spacial score (nSPS) is 10.3. The first kappa shape index (κ1) is 17.0. The highest BCUT2D eigenvalue weighted by Crippen LogP contribution is 2.29. The Bertz CT molecular complexity index is 709. The molecule has 0 aromatic heterocycles. The van der Waals surface area contributed by atoms with Gasteiger partial charge in [-0.05, 0) is 36.2 Å². The third-order valence-corrected chi connectivity index (χ3v) is 3.72. The summed E-state index contributed by atoms with van der Waals surface area (Å²) in [4.78, 5) is 23.0. The fourth-order valence-corrected chi connectivity index (χ4v) is 2.36. The van der Waals surface area contributed by atoms with Gasteiger partial charge in [-0.3, -0.25) is 4.79 Å². The molecule has 2 rings (SSSR count). The lowest BCUT2D eigenvalue weighted by atomic mass is 10.0. The molecule has 0 aliphatic heterocycles. The maximum atomic E-state index is 12.4. The predicted octanol–water partition coefficient (Wildman–Crippen LogP) is 3.43. The van der Waals surface area contributed by atoms with Crippen molar-refractivity contribution in [2.45, 2.75) is 12.8 Å². The summed E-state index contributed by atoms with van der Waals surface area (Å²) in [7, 11) is 0. The summed E-state index contributed by atoms with van der Waals surface area (Å²) in [5.74, 6) is -1.59. The molecule has 0 radical (unpaired) electrons. The first-order valence-corrected chi connectivity index (χ1v) is 7.71. The Hall–Kier alpha value is -2.34. The lowest BCUT2D eigenvalue weighted by Gasteiger charge is -2.11. The molecule has 2 aromatic rings. The Balaban J connectivity index is 2.11. The second kappa shape index (κ2) is 7.78. The summed E-state index contributed by atoms with van der Waals surface area (Å²) in [6.07, 6.45) is 0.696. The minimum Gasteiger partial charge on any atom is -0.507 e. The third-order valence-electron chi connectivity index (χ3n) is 3.19. The second-order valence-electron chi connectivity index (χ2n) is 4.88. The predicted molar refractivity (Wildman–Crippen MR) is 88.0 cm³/mol. The zero-order valence-corrected chi connectivity index (χ0v) is 13.7. The zero-order chi connectivity index (χ0) is 16.8. The first-order chi connectivity index (χ1) is 11.0. The summed E-state index contributed by atoms with van der Waals surface area (Å²) >= 11 is 3.35. The second-order valence-corrected chi connectivity index (χ2v) is 5.80. The average molecular weight is 379 g/mol. The van der Waals surface area contributed by atoms with Crippen LogP contribution >= 0.6 is 15.9 Å². The summed E-state index contributed by atoms with van der Waals surface area (Å²) in [5, 5.41) is 18.6. The number of benzene rings is 2. The number of aliphatic carboxylic acids is 1. The molecular formula is C17H15BrO5. The van der Waals surface area contributed by atoms with Crippen LogP contribution in [0.4, 0.5) is 0 Å². The number of hydrogen-bond acceptors (Lipinski definition) is 4. The van der Waals surface area contributed by atoms with Gasteiger partial charge >= 0.3 is 5.97 Å². The molecule has 0 unspecified atom stereocenters. The molecule has 120 valence electrons. The summed E-state index contributed by atoms with van der Waals surface area (Å²) in [5.41, 5.74) is 1.01. The molecule has 2 N–H and O–H groups in total. The molecule has 0 aliphatic carbocycles. The van der Waals surface area contributed by atoms with Crippen molar-refractivity contribution >= 4 is 27.7 Å². The molecule has 0 atom stereocenters. The van der Waals surface area contributed by atoms with E-state index in [1.165, 1.54) is 18.2 Å². The van der Waals surface area contributed by atoms with Gasteiger partial charge in [-0.1, -0.05) is 34.1 Å². The largest absolute Gasteiger partial charge is 0.507 e. The summed E-state index contributed by atoms with van der Waals surface area (Å²) in [6, 6.07) is 11.9. The fourth-order valence-electron chi connectivity index (χ4n) is 2.09. The quantitative estimate of drug-likeness (QED) is 0.721. The SMILES string of the molecule is O=C(O)COc1cccc(O)c1C(=O)CCc1ccc(Br)cc1. The highest BCUT2D eigenvalue weighted by atomic mass is 79.9. The van der Waals surface area contributed by atoms with Crippen molar-refractivity contribution in [3.05, 3.63) is 58.1 Å². The Kier molecular flexibility index (Phi) is 5.76. The van der Waals surface area contributed by atoms with Crippen LogP contribution in [0.2, 0.25) is 0 Å². The molecule has 0 aliphatic rings. The van der Waals surface area contributed by atoms with E-state index in [2.05, 4.69) is 15.9 Å². The number of ketones is 1. The summed E-state index contributed by atoms with van der Waals surface area (Å²) < 4.78 is 6.04. The van der Waals surface area contributed by atoms with Gasteiger partial charge in [-0.2, -0.15) is 0 Å². The number of aromatic hydroxyl groups is 1. The molecule has 0 spiro atoms. The van der Waals surface area contributed by atoms with E-state index >= 15 is 0 Å². The van der Waals surface area contributed by atoms with Crippen molar-refractivity contribution in [1.82, 2.24) is 0 Å². The molecule has 23 heavy (non-hydrogen) atoms. The van der Waals surface area contributed by atoms with Crippen LogP contribution in [0.25, 0.3) is 0 Å². The third kappa shape index (κ3) is 4.82. The van der Waals surface area contributed by atoms with Gasteiger partial charge in [0.05, 0.1) is 0 Å². The number of halogens is 1. The smallest absolute Gasteiger partial charge is 0.341 e. The van der Waals surface area contributed by atoms with Gasteiger partial charge in [-0.25, -0.2) is 4.79 Å². The number of hydrogen-bond donors (Lipinski definition) is 2. The van der Waals surface area contributed by atoms with Crippen LogP contribution in [0.15, 0.2) is 46.9 Å². The van der Waals surface area contributed by atoms with Crippen LogP contribution in [0.5, 0.6) is 11.5 Å². The molecule has 2 aromatic carbocycles. The van der Waals surface area contributed by atoms with Gasteiger partial charge in [0.1, 0.15) is 17.1 Å². The van der Waals surface area contributed by atoms with E-state index in [4.69, 9.17) is 9.84 Å². The topological polar surface area (TPSA) is 83.8 Å². The molecule has 0 saturated heterocycles. The Morgan fingerprint density at radius 3 is 2.43 bits per heavy atom. The molecule has 0 bridgehead atoms. The molecule has 0 amide bonds. The van der Waals surface area contributed by atoms with Crippen LogP contribution in [-0.2, 0) is 11.2 Å². The van der Waals surface area contributed by atoms with Crippen molar-refractivity contribution in [1.29, 1.82) is 0 Å². The van der Waals surface area contributed by atoms with Gasteiger partial charge in [-0.15, -0.1) is 0 Å². The number of carbonyl (C=O) groups is 2. The van der Waals surface area contributed by atoms with Crippen molar-refractivity contribution in [3.63, 3.8) is 0 Å². The van der Waals surface area contributed by atoms with Crippen LogP contribution in [0, 0.1) is 0 Å². The van der Waals surface area contributed by atoms with Crippen LogP contribution in [0.1, 0.15) is 22.3 Å². The van der Waals surface area contributed by atoms with Crippen molar-refractivity contribution in [2.75, 3.05) is 6.61 Å². The van der Waals surface area contributed by atoms with E-state index in [1.807, 2.05) is 24.3 Å². The number of carbonyl (C=O) groups excluding carboxylic acids is 1. The van der Waals surface area contributed by atoms with E-state index in [9.17, 15) is 14.7 Å². The Morgan fingerprint density at radius 1 is 1.09 bits per heavy atom. The standard InChI is InChI=1S/C17H15BrO5/c18-12-7-4-11(5-8-12)6-9-14(20)17-13(19)2-1-3-15(17)23-10-16(21)22/h1-5,7-8,19H,6,9-10H2,(H,21,22). The van der Waals surface area contributed by atoms with Crippen molar-refractivity contribution in [3.8, 4) is 11.5 Å². The molecule has 5 nitrogen and oxygen atoms in total. The number of phenolic OH excluding ortho intramolecular Hbond substituents is 1. The molecule has 0 fully saturated rings. The van der Waals surface area contributed by atoms with E-state index in [0.717, 1.165) is 10.0 Å². The minimum absolute atomic E-state index is 0.0193. The number of carboxylic acids is 1. The molecule has 6 heteroatoms. The molecule has 0 heterocycles. The number of aryl methyl sites for hydroxylation is 1. The summed E-state index contributed by atoms with van der Waals surface area (Å²) in [6.45, 7) is -0.573. The zero-order valence-electron chi connectivity index (χ0n) is 12.2.